The second kappa shape index (κ2) is 9.13. The van der Waals surface area contributed by atoms with Gasteiger partial charge in [-0.1, -0.05) is 0 Å². The van der Waals surface area contributed by atoms with Crippen molar-refractivity contribution >= 4 is 19.4 Å². The van der Waals surface area contributed by atoms with Crippen LogP contribution in [0, 0.1) is 11.8 Å². The Kier molecular flexibility index (Phi) is 6.52. The molecule has 0 amide bonds. The Bertz CT molecular complexity index is 931. The number of ether oxygens (including phenoxy) is 2. The topological polar surface area (TPSA) is 21.7 Å². The SMILES string of the molecule is C[C@@H]1CC[C@@H]2[C@@H](C1)O[C@H]1[C@H](c3ccccc3)OC(C)(C)[C@@H]([Se]c3ccccc3)CN1C2(C)C. The molecule has 0 bridgehead atoms. The van der Waals surface area contributed by atoms with Crippen LogP contribution in [-0.4, -0.2) is 49.9 Å². The van der Waals surface area contributed by atoms with Crippen LogP contribution in [0.1, 0.15) is 65.5 Å². The number of rotatable bonds is 3. The predicted octanol–water partition coefficient (Wildman–Crippen LogP) is 5.60. The van der Waals surface area contributed by atoms with E-state index in [0.29, 0.717) is 31.8 Å². The molecule has 0 unspecified atom stereocenters. The molecule has 178 valence electrons. The molecule has 2 saturated heterocycles. The van der Waals surface area contributed by atoms with Crippen molar-refractivity contribution < 1.29 is 9.47 Å². The van der Waals surface area contributed by atoms with E-state index < -0.39 is 0 Å². The second-order valence-electron chi connectivity index (χ2n) is 11.4. The van der Waals surface area contributed by atoms with Crippen LogP contribution in [-0.2, 0) is 9.47 Å². The maximum atomic E-state index is 7.09. The second-order valence-corrected chi connectivity index (χ2v) is 14.0. The monoisotopic (exact) mass is 513 g/mol. The van der Waals surface area contributed by atoms with Gasteiger partial charge in [-0.3, -0.25) is 0 Å². The molecule has 3 fully saturated rings. The third-order valence-corrected chi connectivity index (χ3v) is 11.5. The van der Waals surface area contributed by atoms with Crippen LogP contribution in [0.25, 0.3) is 0 Å². The zero-order chi connectivity index (χ0) is 23.2. The average molecular weight is 513 g/mol. The molecule has 0 N–H and O–H groups in total. The molecule has 1 saturated carbocycles. The minimum absolute atomic E-state index is 0.0511. The third kappa shape index (κ3) is 4.58. The van der Waals surface area contributed by atoms with Crippen LogP contribution < -0.4 is 4.46 Å². The molecule has 3 nitrogen and oxygen atoms in total. The van der Waals surface area contributed by atoms with E-state index in [1.165, 1.54) is 29.3 Å². The molecule has 0 aromatic heterocycles. The Hall–Kier alpha value is -1.16. The molecule has 33 heavy (non-hydrogen) atoms. The number of nitrogens with zero attached hydrogens (tertiary/aromatic N) is 1. The fraction of sp³-hybridized carbons (Fsp3) is 0.586. The summed E-state index contributed by atoms with van der Waals surface area (Å²) in [7, 11) is 0. The van der Waals surface area contributed by atoms with Crippen molar-refractivity contribution in [3.05, 3.63) is 66.2 Å². The molecule has 0 radical (unpaired) electrons. The molecule has 3 aliphatic rings. The van der Waals surface area contributed by atoms with Gasteiger partial charge in [-0.15, -0.1) is 0 Å². The van der Waals surface area contributed by atoms with Crippen molar-refractivity contribution in [2.45, 2.75) is 88.3 Å². The van der Waals surface area contributed by atoms with E-state index in [1.807, 2.05) is 0 Å². The molecule has 2 aliphatic heterocycles. The Morgan fingerprint density at radius 2 is 1.58 bits per heavy atom. The van der Waals surface area contributed by atoms with E-state index >= 15 is 0 Å². The van der Waals surface area contributed by atoms with Gasteiger partial charge in [0, 0.05) is 0 Å². The summed E-state index contributed by atoms with van der Waals surface area (Å²) in [6.07, 6.45) is 3.92. The molecular formula is C29H39NO2Se. The van der Waals surface area contributed by atoms with Gasteiger partial charge in [0.25, 0.3) is 0 Å². The van der Waals surface area contributed by atoms with Crippen molar-refractivity contribution in [3.63, 3.8) is 0 Å². The van der Waals surface area contributed by atoms with Crippen LogP contribution in [0.5, 0.6) is 0 Å². The zero-order valence-corrected chi connectivity index (χ0v) is 22.5. The summed E-state index contributed by atoms with van der Waals surface area (Å²) >= 11 is 0.314. The first-order valence-corrected chi connectivity index (χ1v) is 14.5. The average Bonchev–Trinajstić information content (AvgIpc) is 2.90. The van der Waals surface area contributed by atoms with E-state index in [0.717, 1.165) is 12.5 Å². The Labute approximate surface area is 206 Å². The summed E-state index contributed by atoms with van der Waals surface area (Å²) in [6.45, 7) is 13.0. The molecule has 5 rings (SSSR count). The molecule has 2 aromatic carbocycles. The Morgan fingerprint density at radius 1 is 0.909 bits per heavy atom. The van der Waals surface area contributed by atoms with Crippen molar-refractivity contribution in [1.82, 2.24) is 4.90 Å². The minimum atomic E-state index is -0.244. The van der Waals surface area contributed by atoms with Crippen molar-refractivity contribution in [3.8, 4) is 0 Å². The fourth-order valence-corrected chi connectivity index (χ4v) is 8.79. The van der Waals surface area contributed by atoms with E-state index in [9.17, 15) is 0 Å². The summed E-state index contributed by atoms with van der Waals surface area (Å²) in [5.74, 6) is 1.31. The summed E-state index contributed by atoms with van der Waals surface area (Å²) in [6, 6.07) is 21.8. The van der Waals surface area contributed by atoms with Gasteiger partial charge in [-0.05, 0) is 0 Å². The first-order valence-electron chi connectivity index (χ1n) is 12.6. The molecule has 1 aliphatic carbocycles. The summed E-state index contributed by atoms with van der Waals surface area (Å²) in [5, 5.41) is 0. The van der Waals surface area contributed by atoms with Gasteiger partial charge in [-0.25, -0.2) is 0 Å². The van der Waals surface area contributed by atoms with E-state index in [2.05, 4.69) is 100 Å². The van der Waals surface area contributed by atoms with Crippen LogP contribution in [0.15, 0.2) is 60.7 Å². The summed E-state index contributed by atoms with van der Waals surface area (Å²) in [5.41, 5.74) is 1.06. The molecule has 0 spiro atoms. The number of hydrogen-bond donors (Lipinski definition) is 0. The van der Waals surface area contributed by atoms with E-state index in [4.69, 9.17) is 9.47 Å². The van der Waals surface area contributed by atoms with Gasteiger partial charge in [0.1, 0.15) is 0 Å². The molecule has 2 aromatic rings. The number of benzene rings is 2. The predicted molar refractivity (Wildman–Crippen MR) is 136 cm³/mol. The van der Waals surface area contributed by atoms with Gasteiger partial charge in [0.2, 0.25) is 0 Å². The quantitative estimate of drug-likeness (QED) is 0.500. The first kappa shape index (κ1) is 23.6. The van der Waals surface area contributed by atoms with Gasteiger partial charge in [0.15, 0.2) is 0 Å². The normalized spacial score (nSPS) is 35.8. The Balaban J connectivity index is 1.55. The van der Waals surface area contributed by atoms with Crippen LogP contribution in [0.2, 0.25) is 4.82 Å². The van der Waals surface area contributed by atoms with Crippen molar-refractivity contribution in [2.24, 2.45) is 11.8 Å². The van der Waals surface area contributed by atoms with E-state index in [-0.39, 0.29) is 23.5 Å². The zero-order valence-electron chi connectivity index (χ0n) is 20.7. The standard InChI is InChI=1S/C29H39NO2Se/c1-20-16-17-23-24(18-20)31-27-26(21-12-8-6-9-13-21)32-29(4,5)25(19-30(27)28(23,2)3)33-22-14-10-7-11-15-22/h6-15,20,23-27H,16-19H2,1-5H3/t20-,23-,24-,25+,26+,27+/m1/s1. The first-order chi connectivity index (χ1) is 15.8. The third-order valence-electron chi connectivity index (χ3n) is 8.30. The fourth-order valence-electron chi connectivity index (χ4n) is 6.23. The van der Waals surface area contributed by atoms with Gasteiger partial charge >= 0.3 is 207 Å². The van der Waals surface area contributed by atoms with Gasteiger partial charge in [-0.2, -0.15) is 0 Å². The molecular weight excluding hydrogens is 473 g/mol. The molecule has 2 heterocycles. The number of fused-ring (bicyclic) bond motifs is 2. The Morgan fingerprint density at radius 3 is 2.27 bits per heavy atom. The van der Waals surface area contributed by atoms with Crippen molar-refractivity contribution in [1.29, 1.82) is 0 Å². The van der Waals surface area contributed by atoms with E-state index in [1.54, 1.807) is 0 Å². The molecule has 6 atom stereocenters. The van der Waals surface area contributed by atoms with Crippen LogP contribution >= 0.6 is 0 Å². The van der Waals surface area contributed by atoms with Crippen molar-refractivity contribution in [2.75, 3.05) is 6.54 Å². The van der Waals surface area contributed by atoms with Crippen LogP contribution in [0.3, 0.4) is 0 Å². The maximum absolute atomic E-state index is 7.09. The summed E-state index contributed by atoms with van der Waals surface area (Å²) in [4.78, 5) is 3.14. The molecule has 4 heteroatoms. The summed E-state index contributed by atoms with van der Waals surface area (Å²) < 4.78 is 15.6. The van der Waals surface area contributed by atoms with Crippen LogP contribution in [0.4, 0.5) is 0 Å². The number of hydrogen-bond acceptors (Lipinski definition) is 3. The van der Waals surface area contributed by atoms with Gasteiger partial charge in [0.05, 0.1) is 0 Å². The van der Waals surface area contributed by atoms with Gasteiger partial charge < -0.3 is 0 Å².